The maximum absolute atomic E-state index is 11.2. The number of hydrogen-bond donors (Lipinski definition) is 0. The summed E-state index contributed by atoms with van der Waals surface area (Å²) in [6, 6.07) is -0.766. The molecular weight excluding hydrogens is 302 g/mol. The normalized spacial score (nSPS) is 39.8. The summed E-state index contributed by atoms with van der Waals surface area (Å²) in [5, 5.41) is 11.2. The number of ether oxygens (including phenoxy) is 1. The van der Waals surface area contributed by atoms with Crippen LogP contribution in [0.3, 0.4) is 0 Å². The molecule has 0 heterocycles. The molecule has 2 aliphatic carbocycles. The fourth-order valence-corrected chi connectivity index (χ4v) is 4.55. The van der Waals surface area contributed by atoms with Gasteiger partial charge in [-0.05, 0) is 24.7 Å². The maximum atomic E-state index is 11.2. The van der Waals surface area contributed by atoms with Gasteiger partial charge in [-0.3, -0.25) is 14.9 Å². The van der Waals surface area contributed by atoms with Gasteiger partial charge in [0.2, 0.25) is 0 Å². The van der Waals surface area contributed by atoms with Gasteiger partial charge in [0.1, 0.15) is 0 Å². The lowest BCUT2D eigenvalue weighted by molar-refractivity contribution is -0.539. The second-order valence-electron chi connectivity index (χ2n) is 5.32. The Balaban J connectivity index is 2.18. The lowest BCUT2D eigenvalue weighted by Gasteiger charge is -2.43. The van der Waals surface area contributed by atoms with Crippen LogP contribution in [0.15, 0.2) is 0 Å². The Morgan fingerprint density at radius 1 is 1.39 bits per heavy atom. The molecule has 2 fully saturated rings. The summed E-state index contributed by atoms with van der Waals surface area (Å²) in [6.45, 7) is 1.31. The molecule has 102 valence electrons. The van der Waals surface area contributed by atoms with Crippen molar-refractivity contribution in [1.82, 2.24) is 0 Å². The van der Waals surface area contributed by atoms with Crippen molar-refractivity contribution in [2.45, 2.75) is 56.0 Å². The van der Waals surface area contributed by atoms with Gasteiger partial charge in [0.15, 0.2) is 6.10 Å². The number of rotatable bonds is 2. The van der Waals surface area contributed by atoms with E-state index in [1.807, 2.05) is 0 Å². The van der Waals surface area contributed by atoms with Crippen molar-refractivity contribution in [2.75, 3.05) is 0 Å². The summed E-state index contributed by atoms with van der Waals surface area (Å²) in [7, 11) is 0. The Labute approximate surface area is 115 Å². The second kappa shape index (κ2) is 5.55. The Hall–Kier alpha value is -0.650. The van der Waals surface area contributed by atoms with Gasteiger partial charge in [-0.25, -0.2) is 0 Å². The summed E-state index contributed by atoms with van der Waals surface area (Å²) < 4.78 is 5.20. The monoisotopic (exact) mass is 319 g/mol. The average Bonchev–Trinajstić information content (AvgIpc) is 2.32. The number of carbonyl (C=O) groups is 1. The molecule has 18 heavy (non-hydrogen) atoms. The first-order valence-electron chi connectivity index (χ1n) is 6.45. The largest absolute Gasteiger partial charge is 0.454 e. The van der Waals surface area contributed by atoms with E-state index in [0.717, 1.165) is 19.3 Å². The van der Waals surface area contributed by atoms with Gasteiger partial charge in [0.25, 0.3) is 6.04 Å². The number of nitrogens with zero attached hydrogens (tertiary/aromatic N) is 1. The molecule has 0 spiro atoms. The number of alkyl halides is 1. The molecule has 5 atom stereocenters. The molecule has 0 aromatic carbocycles. The fraction of sp³-hybridized carbons (Fsp3) is 0.917. The Morgan fingerprint density at radius 2 is 2.06 bits per heavy atom. The van der Waals surface area contributed by atoms with Crippen molar-refractivity contribution in [1.29, 1.82) is 0 Å². The third-order valence-electron chi connectivity index (χ3n) is 4.19. The van der Waals surface area contributed by atoms with Crippen molar-refractivity contribution < 1.29 is 14.5 Å². The highest BCUT2D eigenvalue weighted by molar-refractivity contribution is 9.09. The van der Waals surface area contributed by atoms with Crippen LogP contribution in [0.4, 0.5) is 0 Å². The first-order chi connectivity index (χ1) is 8.50. The number of halogens is 1. The third-order valence-corrected chi connectivity index (χ3v) is 5.39. The molecule has 5 unspecified atom stereocenters. The van der Waals surface area contributed by atoms with Crippen LogP contribution in [-0.2, 0) is 9.53 Å². The first-order valence-corrected chi connectivity index (χ1v) is 7.37. The number of nitro groups is 1. The zero-order chi connectivity index (χ0) is 13.3. The van der Waals surface area contributed by atoms with E-state index in [2.05, 4.69) is 15.9 Å². The van der Waals surface area contributed by atoms with Crippen LogP contribution in [0.25, 0.3) is 0 Å². The zero-order valence-electron chi connectivity index (χ0n) is 10.4. The molecule has 0 N–H and O–H groups in total. The van der Waals surface area contributed by atoms with E-state index in [9.17, 15) is 14.9 Å². The standard InChI is InChI=1S/C12H18BrNO4/c1-7(15)18-12-10(14(16)17)6-8-4-2-3-5-9(8)11(12)13/h8-12H,2-6H2,1H3. The minimum Gasteiger partial charge on any atom is -0.454 e. The Kier molecular flexibility index (Phi) is 4.25. The predicted octanol–water partition coefficient (Wildman–Crippen LogP) is 2.54. The average molecular weight is 320 g/mol. The molecule has 0 radical (unpaired) electrons. The molecule has 0 amide bonds. The van der Waals surface area contributed by atoms with Crippen molar-refractivity contribution in [3.63, 3.8) is 0 Å². The van der Waals surface area contributed by atoms with E-state index in [0.29, 0.717) is 18.3 Å². The van der Waals surface area contributed by atoms with Gasteiger partial charge in [0, 0.05) is 18.3 Å². The van der Waals surface area contributed by atoms with Crippen LogP contribution in [0.1, 0.15) is 39.0 Å². The molecule has 2 rings (SSSR count). The van der Waals surface area contributed by atoms with Crippen molar-refractivity contribution in [2.24, 2.45) is 11.8 Å². The molecule has 2 aliphatic rings. The van der Waals surface area contributed by atoms with Gasteiger partial charge in [-0.2, -0.15) is 0 Å². The van der Waals surface area contributed by atoms with E-state index in [1.165, 1.54) is 13.3 Å². The number of carbonyl (C=O) groups excluding carboxylic acids is 1. The predicted molar refractivity (Wildman–Crippen MR) is 69.1 cm³/mol. The SMILES string of the molecule is CC(=O)OC1C(Br)C2CCCCC2CC1[N+](=O)[O-]. The lowest BCUT2D eigenvalue weighted by atomic mass is 9.68. The van der Waals surface area contributed by atoms with Crippen LogP contribution in [-0.4, -0.2) is 27.9 Å². The molecule has 0 aromatic heterocycles. The topological polar surface area (TPSA) is 69.4 Å². The Bertz CT molecular complexity index is 349. The first kappa shape index (κ1) is 13.8. The summed E-state index contributed by atoms with van der Waals surface area (Å²) >= 11 is 3.55. The quantitative estimate of drug-likeness (QED) is 0.339. The van der Waals surface area contributed by atoms with Gasteiger partial charge >= 0.3 is 5.97 Å². The maximum Gasteiger partial charge on any atom is 0.303 e. The van der Waals surface area contributed by atoms with E-state index in [4.69, 9.17) is 4.74 Å². The molecule has 2 saturated carbocycles. The third kappa shape index (κ3) is 2.68. The minimum atomic E-state index is -0.766. The fourth-order valence-electron chi connectivity index (χ4n) is 3.39. The highest BCUT2D eigenvalue weighted by Gasteiger charge is 2.51. The molecular formula is C12H18BrNO4. The van der Waals surface area contributed by atoms with E-state index < -0.39 is 18.1 Å². The van der Waals surface area contributed by atoms with Crippen LogP contribution in [0, 0.1) is 22.0 Å². The van der Waals surface area contributed by atoms with E-state index >= 15 is 0 Å². The molecule has 6 heteroatoms. The van der Waals surface area contributed by atoms with E-state index in [1.54, 1.807) is 0 Å². The molecule has 0 bridgehead atoms. The second-order valence-corrected chi connectivity index (χ2v) is 6.37. The summed E-state index contributed by atoms with van der Waals surface area (Å²) in [5.74, 6) is 0.357. The van der Waals surface area contributed by atoms with Crippen molar-refractivity contribution >= 4 is 21.9 Å². The molecule has 0 saturated heterocycles. The molecule has 0 aliphatic heterocycles. The molecule has 5 nitrogen and oxygen atoms in total. The number of hydrogen-bond acceptors (Lipinski definition) is 4. The van der Waals surface area contributed by atoms with Crippen molar-refractivity contribution in [3.05, 3.63) is 10.1 Å². The van der Waals surface area contributed by atoms with Crippen LogP contribution >= 0.6 is 15.9 Å². The summed E-state index contributed by atoms with van der Waals surface area (Å²) in [4.78, 5) is 21.9. The Morgan fingerprint density at radius 3 is 2.67 bits per heavy atom. The van der Waals surface area contributed by atoms with Gasteiger partial charge < -0.3 is 4.74 Å². The smallest absolute Gasteiger partial charge is 0.303 e. The lowest BCUT2D eigenvalue weighted by Crippen LogP contribution is -2.53. The highest BCUT2D eigenvalue weighted by Crippen LogP contribution is 2.45. The summed E-state index contributed by atoms with van der Waals surface area (Å²) in [5.41, 5.74) is 0. The van der Waals surface area contributed by atoms with Crippen LogP contribution in [0.5, 0.6) is 0 Å². The molecule has 0 aromatic rings. The van der Waals surface area contributed by atoms with Crippen LogP contribution < -0.4 is 0 Å². The number of fused-ring (bicyclic) bond motifs is 1. The minimum absolute atomic E-state index is 0.0872. The van der Waals surface area contributed by atoms with Crippen molar-refractivity contribution in [3.8, 4) is 0 Å². The summed E-state index contributed by atoms with van der Waals surface area (Å²) in [6.07, 6.45) is 4.37. The number of esters is 1. The van der Waals surface area contributed by atoms with E-state index in [-0.39, 0.29) is 9.75 Å². The van der Waals surface area contributed by atoms with Gasteiger partial charge in [0.05, 0.1) is 4.83 Å². The zero-order valence-corrected chi connectivity index (χ0v) is 12.0. The van der Waals surface area contributed by atoms with Gasteiger partial charge in [-0.1, -0.05) is 28.8 Å². The van der Waals surface area contributed by atoms with Crippen LogP contribution in [0.2, 0.25) is 0 Å². The van der Waals surface area contributed by atoms with Gasteiger partial charge in [-0.15, -0.1) is 0 Å². The highest BCUT2D eigenvalue weighted by atomic mass is 79.9.